The second kappa shape index (κ2) is 17.2. The van der Waals surface area contributed by atoms with Crippen LogP contribution >= 0.6 is 0 Å². The Morgan fingerprint density at radius 2 is 1.33 bits per heavy atom. The van der Waals surface area contributed by atoms with E-state index in [1.54, 1.807) is 11.1 Å². The van der Waals surface area contributed by atoms with Crippen LogP contribution in [0.4, 0.5) is 9.59 Å². The number of carbonyl (C=O) groups is 4. The van der Waals surface area contributed by atoms with E-state index in [1.165, 1.54) is 19.8 Å². The van der Waals surface area contributed by atoms with Gasteiger partial charge in [-0.15, -0.1) is 0 Å². The lowest BCUT2D eigenvalue weighted by Gasteiger charge is -2.30. The first-order chi connectivity index (χ1) is 27.9. The van der Waals surface area contributed by atoms with Crippen molar-refractivity contribution in [2.24, 2.45) is 11.8 Å². The molecule has 2 aromatic heterocycles. The number of H-pyrrole nitrogens is 2. The van der Waals surface area contributed by atoms with Gasteiger partial charge in [0, 0.05) is 35.5 Å². The van der Waals surface area contributed by atoms with E-state index in [9.17, 15) is 19.2 Å². The zero-order valence-electron chi connectivity index (χ0n) is 34.0. The number of nitrogens with one attached hydrogen (secondary N) is 4. The number of alkyl carbamates (subject to hydrolysis) is 2. The third kappa shape index (κ3) is 8.30. The minimum atomic E-state index is -0.689. The Bertz CT molecular complexity index is 2230. The summed E-state index contributed by atoms with van der Waals surface area (Å²) in [5.41, 5.74) is 7.85. The van der Waals surface area contributed by atoms with Crippen LogP contribution in [-0.2, 0) is 31.9 Å². The summed E-state index contributed by atoms with van der Waals surface area (Å²) in [5, 5.41) is 5.41. The molecule has 0 bridgehead atoms. The largest absolute Gasteiger partial charge is 0.453 e. The first kappa shape index (κ1) is 40.1. The minimum Gasteiger partial charge on any atom is -0.453 e. The molecule has 14 heteroatoms. The molecule has 7 rings (SSSR count). The molecule has 2 unspecified atom stereocenters. The monoisotopic (exact) mass is 788 g/mol. The smallest absolute Gasteiger partial charge is 0.407 e. The summed E-state index contributed by atoms with van der Waals surface area (Å²) >= 11 is 0. The van der Waals surface area contributed by atoms with Gasteiger partial charge in [-0.3, -0.25) is 9.59 Å². The van der Waals surface area contributed by atoms with Gasteiger partial charge >= 0.3 is 12.2 Å². The van der Waals surface area contributed by atoms with Gasteiger partial charge < -0.3 is 39.9 Å². The Kier molecular flexibility index (Phi) is 11.9. The lowest BCUT2D eigenvalue weighted by atomic mass is 9.91. The highest BCUT2D eigenvalue weighted by Crippen LogP contribution is 2.38. The number of fused-ring (bicyclic) bond motifs is 3. The van der Waals surface area contributed by atoms with Crippen LogP contribution in [0.2, 0.25) is 0 Å². The molecule has 2 saturated heterocycles. The molecule has 3 aliphatic rings. The SMILES string of the molecule is COC(=O)N[C@H](C(=O)N1CCCC1c1ncc(-c2ccc(C#Cc3ccc4c(c3)CCc3[nH]c(C5CCCN5C(=O)[C@@H](NC(=O)OC)C(C)C)nc3-4)cc2)[nH]1)C(C)C. The molecule has 58 heavy (non-hydrogen) atoms. The number of imidazole rings is 2. The van der Waals surface area contributed by atoms with E-state index >= 15 is 0 Å². The topological polar surface area (TPSA) is 175 Å². The molecule has 2 aliphatic heterocycles. The molecule has 2 fully saturated rings. The summed E-state index contributed by atoms with van der Waals surface area (Å²) in [6.07, 6.45) is 5.49. The molecule has 14 nitrogen and oxygen atoms in total. The van der Waals surface area contributed by atoms with E-state index in [4.69, 9.17) is 14.5 Å². The number of hydrogen-bond donors (Lipinski definition) is 4. The highest BCUT2D eigenvalue weighted by molar-refractivity contribution is 5.87. The minimum absolute atomic E-state index is 0.102. The maximum Gasteiger partial charge on any atom is 0.407 e. The summed E-state index contributed by atoms with van der Waals surface area (Å²) in [5.74, 6) is 7.67. The number of aryl methyl sites for hydroxylation is 2. The predicted octanol–water partition coefficient (Wildman–Crippen LogP) is 6.05. The maximum absolute atomic E-state index is 13.7. The molecule has 4 atom stereocenters. The van der Waals surface area contributed by atoms with Crippen molar-refractivity contribution in [3.05, 3.63) is 82.7 Å². The number of aromatic nitrogens is 4. The van der Waals surface area contributed by atoms with Crippen LogP contribution in [0.25, 0.3) is 22.5 Å². The molecule has 304 valence electrons. The molecule has 0 spiro atoms. The highest BCUT2D eigenvalue weighted by atomic mass is 16.5. The number of nitrogens with zero attached hydrogens (tertiary/aromatic N) is 4. The van der Waals surface area contributed by atoms with Crippen molar-refractivity contribution < 1.29 is 28.7 Å². The average molecular weight is 789 g/mol. The van der Waals surface area contributed by atoms with Crippen LogP contribution in [-0.4, -0.2) is 93.1 Å². The first-order valence-corrected chi connectivity index (χ1v) is 20.1. The van der Waals surface area contributed by atoms with Gasteiger partial charge in [0.05, 0.1) is 43.9 Å². The van der Waals surface area contributed by atoms with Crippen LogP contribution < -0.4 is 10.6 Å². The standard InChI is InChI=1S/C44H52N8O6/c1-25(2)36(49-43(55)57-5)41(53)51-21-7-9-34(51)39-45-24-33(47-39)29-16-13-27(14-17-29)11-12-28-15-19-31-30(23-28)18-20-32-38(31)48-40(46-32)35-10-8-22-52(35)42(54)37(26(3)4)50-44(56)58-6/h13-17,19,23-26,34-37H,7-10,18,20-22H2,1-6H3,(H,45,47)(H,46,48)(H,49,55)(H,50,56)/t34?,35?,36-,37-/m0/s1. The number of methoxy groups -OCH3 is 2. The molecule has 0 saturated carbocycles. The van der Waals surface area contributed by atoms with Crippen LogP contribution in [0.5, 0.6) is 0 Å². The lowest BCUT2D eigenvalue weighted by molar-refractivity contribution is -0.136. The number of hydrogen-bond acceptors (Lipinski definition) is 8. The van der Waals surface area contributed by atoms with E-state index in [0.717, 1.165) is 89.5 Å². The Labute approximate surface area is 338 Å². The summed E-state index contributed by atoms with van der Waals surface area (Å²) in [6.45, 7) is 8.82. The fourth-order valence-electron chi connectivity index (χ4n) is 8.28. The fraction of sp³-hybridized carbons (Fsp3) is 0.455. The van der Waals surface area contributed by atoms with E-state index in [1.807, 2.05) is 62.9 Å². The van der Waals surface area contributed by atoms with Crippen LogP contribution in [0.15, 0.2) is 48.7 Å². The van der Waals surface area contributed by atoms with Gasteiger partial charge in [-0.05, 0) is 85.8 Å². The zero-order chi connectivity index (χ0) is 41.1. The molecular weight excluding hydrogens is 737 g/mol. The van der Waals surface area contributed by atoms with Crippen molar-refractivity contribution >= 4 is 24.0 Å². The van der Waals surface area contributed by atoms with Gasteiger partial charge in [-0.25, -0.2) is 19.6 Å². The van der Waals surface area contributed by atoms with Crippen LogP contribution in [0.3, 0.4) is 0 Å². The van der Waals surface area contributed by atoms with Crippen molar-refractivity contribution in [1.29, 1.82) is 0 Å². The van der Waals surface area contributed by atoms with Crippen molar-refractivity contribution in [3.8, 4) is 34.4 Å². The summed E-state index contributed by atoms with van der Waals surface area (Å²) in [6, 6.07) is 12.5. The van der Waals surface area contributed by atoms with E-state index in [2.05, 4.69) is 49.6 Å². The Morgan fingerprint density at radius 3 is 1.91 bits per heavy atom. The third-order valence-corrected chi connectivity index (χ3v) is 11.4. The molecule has 1 aliphatic carbocycles. The number of rotatable bonds is 9. The molecule has 2 aromatic carbocycles. The number of benzene rings is 2. The second-order valence-corrected chi connectivity index (χ2v) is 15.9. The van der Waals surface area contributed by atoms with Crippen molar-refractivity contribution in [2.75, 3.05) is 27.3 Å². The summed E-state index contributed by atoms with van der Waals surface area (Å²) < 4.78 is 9.54. The molecular formula is C44H52N8O6. The van der Waals surface area contributed by atoms with Crippen molar-refractivity contribution in [1.82, 2.24) is 40.4 Å². The number of likely N-dealkylation sites (tertiary alicyclic amines) is 2. The molecule has 4 amide bonds. The van der Waals surface area contributed by atoms with Gasteiger partial charge in [-0.1, -0.05) is 57.7 Å². The van der Waals surface area contributed by atoms with Gasteiger partial charge in [0.1, 0.15) is 23.7 Å². The molecule has 4 heterocycles. The number of amides is 4. The Balaban J connectivity index is 1.01. The molecule has 0 radical (unpaired) electrons. The van der Waals surface area contributed by atoms with Crippen molar-refractivity contribution in [3.63, 3.8) is 0 Å². The van der Waals surface area contributed by atoms with Gasteiger partial charge in [0.2, 0.25) is 11.8 Å². The van der Waals surface area contributed by atoms with Crippen LogP contribution in [0, 0.1) is 23.7 Å². The van der Waals surface area contributed by atoms with E-state index in [-0.39, 0.29) is 35.7 Å². The van der Waals surface area contributed by atoms with Gasteiger partial charge in [0.25, 0.3) is 0 Å². The number of ether oxygens (including phenoxy) is 2. The van der Waals surface area contributed by atoms with Crippen LogP contribution in [0.1, 0.15) is 99.5 Å². The molecule has 4 aromatic rings. The Hall–Kier alpha value is -6.10. The van der Waals surface area contributed by atoms with Gasteiger partial charge in [-0.2, -0.15) is 0 Å². The number of carbonyl (C=O) groups excluding carboxylic acids is 4. The lowest BCUT2D eigenvalue weighted by Crippen LogP contribution is -2.51. The first-order valence-electron chi connectivity index (χ1n) is 20.1. The second-order valence-electron chi connectivity index (χ2n) is 15.9. The average Bonchev–Trinajstić information content (AvgIpc) is 4.06. The normalized spacial score (nSPS) is 18.2. The predicted molar refractivity (Wildman–Crippen MR) is 217 cm³/mol. The number of aromatic amines is 2. The molecule has 4 N–H and O–H groups in total. The van der Waals surface area contributed by atoms with Gasteiger partial charge in [0.15, 0.2) is 0 Å². The quantitative estimate of drug-likeness (QED) is 0.148. The zero-order valence-corrected chi connectivity index (χ0v) is 34.0. The Morgan fingerprint density at radius 1 is 0.759 bits per heavy atom. The van der Waals surface area contributed by atoms with E-state index < -0.39 is 24.3 Å². The summed E-state index contributed by atoms with van der Waals surface area (Å²) in [7, 11) is 2.59. The van der Waals surface area contributed by atoms with Crippen molar-refractivity contribution in [2.45, 2.75) is 90.4 Å². The maximum atomic E-state index is 13.7. The third-order valence-electron chi connectivity index (χ3n) is 11.4. The fourth-order valence-corrected chi connectivity index (χ4v) is 8.28. The highest BCUT2D eigenvalue weighted by Gasteiger charge is 2.39. The van der Waals surface area contributed by atoms with E-state index in [0.29, 0.717) is 13.1 Å². The summed E-state index contributed by atoms with van der Waals surface area (Å²) in [4.78, 5) is 71.5.